The van der Waals surface area contributed by atoms with Crippen molar-refractivity contribution in [3.8, 4) is 0 Å². The normalized spacial score (nSPS) is 28.2. The van der Waals surface area contributed by atoms with Gasteiger partial charge in [0, 0.05) is 37.9 Å². The van der Waals surface area contributed by atoms with E-state index >= 15 is 0 Å². The van der Waals surface area contributed by atoms with Crippen LogP contribution in [0.1, 0.15) is 55.2 Å². The molecular formula is C24H32FN5O2. The van der Waals surface area contributed by atoms with E-state index in [1.54, 1.807) is 0 Å². The number of benzene rings is 1. The zero-order valence-electron chi connectivity index (χ0n) is 18.6. The number of fused-ring (bicyclic) bond motifs is 1. The molecular weight excluding hydrogens is 409 g/mol. The second-order valence-corrected chi connectivity index (χ2v) is 9.63. The number of halogens is 1. The third-order valence-corrected chi connectivity index (χ3v) is 7.57. The van der Waals surface area contributed by atoms with Crippen molar-refractivity contribution in [2.24, 2.45) is 13.0 Å². The van der Waals surface area contributed by atoms with Gasteiger partial charge in [0.2, 0.25) is 11.8 Å². The standard InChI is InChI=1S/C24H32FN5O2/c1-29-21-12-16(2-3-18(21)23(28-29)19-4-5-22(31)27-24(19)32)15-7-10-30(11-8-15)14-17-6-9-26-13-20(17)25/h2-3,12,15,17,19-20,26H,4-11,13-14H2,1H3,(H,27,31,32)/t17-,19?,20+/m1/s1. The van der Waals surface area contributed by atoms with Gasteiger partial charge in [0.05, 0.1) is 17.1 Å². The van der Waals surface area contributed by atoms with Gasteiger partial charge in [0.15, 0.2) is 0 Å². The quantitative estimate of drug-likeness (QED) is 0.712. The zero-order valence-corrected chi connectivity index (χ0v) is 18.6. The third kappa shape index (κ3) is 4.18. The molecule has 0 spiro atoms. The zero-order chi connectivity index (χ0) is 22.2. The highest BCUT2D eigenvalue weighted by atomic mass is 19.1. The van der Waals surface area contributed by atoms with Crippen molar-refractivity contribution in [1.29, 1.82) is 0 Å². The lowest BCUT2D eigenvalue weighted by atomic mass is 9.87. The molecule has 0 radical (unpaired) electrons. The van der Waals surface area contributed by atoms with E-state index in [2.05, 4.69) is 38.8 Å². The number of imide groups is 1. The Morgan fingerprint density at radius 2 is 1.97 bits per heavy atom. The van der Waals surface area contributed by atoms with Crippen molar-refractivity contribution in [2.75, 3.05) is 32.7 Å². The Labute approximate surface area is 187 Å². The molecule has 0 saturated carbocycles. The van der Waals surface area contributed by atoms with Crippen molar-refractivity contribution >= 4 is 22.7 Å². The smallest absolute Gasteiger partial charge is 0.235 e. The van der Waals surface area contributed by atoms with Crippen LogP contribution < -0.4 is 10.6 Å². The molecule has 8 heteroatoms. The first-order valence-corrected chi connectivity index (χ1v) is 11.9. The fourth-order valence-electron chi connectivity index (χ4n) is 5.63. The predicted molar refractivity (Wildman–Crippen MR) is 120 cm³/mol. The Balaban J connectivity index is 1.27. The van der Waals surface area contributed by atoms with Crippen molar-refractivity contribution in [1.82, 2.24) is 25.3 Å². The average Bonchev–Trinajstić information content (AvgIpc) is 3.11. The Bertz CT molecular complexity index is 1010. The van der Waals surface area contributed by atoms with Gasteiger partial charge in [-0.05, 0) is 62.9 Å². The van der Waals surface area contributed by atoms with E-state index in [-0.39, 0.29) is 23.7 Å². The number of amides is 2. The molecule has 7 nitrogen and oxygen atoms in total. The maximum absolute atomic E-state index is 14.2. The molecule has 2 amide bonds. The summed E-state index contributed by atoms with van der Waals surface area (Å²) < 4.78 is 16.0. The number of aromatic nitrogens is 2. The largest absolute Gasteiger partial charge is 0.314 e. The number of nitrogens with one attached hydrogen (secondary N) is 2. The molecule has 172 valence electrons. The van der Waals surface area contributed by atoms with Gasteiger partial charge in [-0.3, -0.25) is 19.6 Å². The summed E-state index contributed by atoms with van der Waals surface area (Å²) in [5.41, 5.74) is 3.09. The average molecular weight is 442 g/mol. The van der Waals surface area contributed by atoms with Gasteiger partial charge < -0.3 is 10.2 Å². The molecule has 2 N–H and O–H groups in total. The molecule has 1 aromatic heterocycles. The lowest BCUT2D eigenvalue weighted by molar-refractivity contribution is -0.134. The molecule has 5 rings (SSSR count). The highest BCUT2D eigenvalue weighted by Gasteiger charge is 2.32. The molecule has 1 aromatic carbocycles. The van der Waals surface area contributed by atoms with Crippen LogP contribution in [0.2, 0.25) is 0 Å². The van der Waals surface area contributed by atoms with Crippen molar-refractivity contribution < 1.29 is 14.0 Å². The maximum Gasteiger partial charge on any atom is 0.235 e. The van der Waals surface area contributed by atoms with Crippen molar-refractivity contribution in [3.63, 3.8) is 0 Å². The van der Waals surface area contributed by atoms with Crippen LogP contribution in [0.15, 0.2) is 18.2 Å². The highest BCUT2D eigenvalue weighted by Crippen LogP contribution is 2.34. The number of likely N-dealkylation sites (tertiary alicyclic amines) is 1. The molecule has 3 atom stereocenters. The van der Waals surface area contributed by atoms with Gasteiger partial charge in [-0.25, -0.2) is 4.39 Å². The van der Waals surface area contributed by atoms with Gasteiger partial charge >= 0.3 is 0 Å². The van der Waals surface area contributed by atoms with Gasteiger partial charge in [0.1, 0.15) is 6.17 Å². The van der Waals surface area contributed by atoms with Crippen LogP contribution in [0.3, 0.4) is 0 Å². The molecule has 3 fully saturated rings. The first-order valence-electron chi connectivity index (χ1n) is 11.9. The van der Waals surface area contributed by atoms with Crippen LogP contribution in [-0.4, -0.2) is 65.4 Å². The minimum Gasteiger partial charge on any atom is -0.314 e. The van der Waals surface area contributed by atoms with E-state index in [4.69, 9.17) is 0 Å². The minimum absolute atomic E-state index is 0.157. The van der Waals surface area contributed by atoms with E-state index in [0.29, 0.717) is 25.3 Å². The summed E-state index contributed by atoms with van der Waals surface area (Å²) in [6.45, 7) is 4.30. The molecule has 32 heavy (non-hydrogen) atoms. The summed E-state index contributed by atoms with van der Waals surface area (Å²) in [6.07, 6.45) is 3.20. The molecule has 3 aliphatic heterocycles. The van der Waals surface area contributed by atoms with Crippen LogP contribution in [0.5, 0.6) is 0 Å². The number of nitrogens with zero attached hydrogens (tertiary/aromatic N) is 3. The van der Waals surface area contributed by atoms with Crippen LogP contribution in [0, 0.1) is 5.92 Å². The number of piperidine rings is 3. The number of hydrogen-bond donors (Lipinski definition) is 2. The Morgan fingerprint density at radius 3 is 2.72 bits per heavy atom. The van der Waals surface area contributed by atoms with Crippen molar-refractivity contribution in [2.45, 2.75) is 50.1 Å². The van der Waals surface area contributed by atoms with E-state index < -0.39 is 6.17 Å². The number of hydrogen-bond acceptors (Lipinski definition) is 5. The molecule has 3 saturated heterocycles. The lowest BCUT2D eigenvalue weighted by Gasteiger charge is -2.36. The lowest BCUT2D eigenvalue weighted by Crippen LogP contribution is -2.45. The molecule has 0 bridgehead atoms. The second-order valence-electron chi connectivity index (χ2n) is 9.63. The van der Waals surface area contributed by atoms with Gasteiger partial charge in [-0.1, -0.05) is 12.1 Å². The number of carbonyl (C=O) groups is 2. The maximum atomic E-state index is 14.2. The SMILES string of the molecule is Cn1nc(C2CCC(=O)NC2=O)c2ccc(C3CCN(C[C@H]4CCNC[C@@H]4F)CC3)cc21. The molecule has 0 aliphatic carbocycles. The molecule has 4 heterocycles. The Morgan fingerprint density at radius 1 is 1.16 bits per heavy atom. The Kier molecular flexibility index (Phi) is 5.99. The number of carbonyl (C=O) groups excluding carboxylic acids is 2. The summed E-state index contributed by atoms with van der Waals surface area (Å²) in [5, 5.41) is 11.2. The Hall–Kier alpha value is -2.32. The number of alkyl halides is 1. The first-order chi connectivity index (χ1) is 15.5. The predicted octanol–water partition coefficient (Wildman–Crippen LogP) is 2.22. The summed E-state index contributed by atoms with van der Waals surface area (Å²) in [5.74, 6) is -0.188. The summed E-state index contributed by atoms with van der Waals surface area (Å²) in [6, 6.07) is 6.47. The van der Waals surface area contributed by atoms with Gasteiger partial charge in [0.25, 0.3) is 0 Å². The minimum atomic E-state index is -0.729. The van der Waals surface area contributed by atoms with E-state index in [1.807, 2.05) is 11.7 Å². The molecule has 3 aliphatic rings. The van der Waals surface area contributed by atoms with Gasteiger partial charge in [-0.15, -0.1) is 0 Å². The monoisotopic (exact) mass is 441 g/mol. The fourth-order valence-corrected chi connectivity index (χ4v) is 5.63. The second kappa shape index (κ2) is 8.90. The topological polar surface area (TPSA) is 79.3 Å². The van der Waals surface area contributed by atoms with E-state index in [0.717, 1.165) is 62.0 Å². The molecule has 2 aromatic rings. The number of rotatable bonds is 4. The first kappa shape index (κ1) is 21.5. The highest BCUT2D eigenvalue weighted by molar-refractivity contribution is 6.02. The molecule has 1 unspecified atom stereocenters. The number of aryl methyl sites for hydroxylation is 1. The van der Waals surface area contributed by atoms with E-state index in [9.17, 15) is 14.0 Å². The summed E-state index contributed by atoms with van der Waals surface area (Å²) >= 11 is 0. The van der Waals surface area contributed by atoms with Crippen LogP contribution in [0.4, 0.5) is 4.39 Å². The van der Waals surface area contributed by atoms with Gasteiger partial charge in [-0.2, -0.15) is 5.10 Å². The summed E-state index contributed by atoms with van der Waals surface area (Å²) in [7, 11) is 1.91. The van der Waals surface area contributed by atoms with E-state index in [1.165, 1.54) is 5.56 Å². The summed E-state index contributed by atoms with van der Waals surface area (Å²) in [4.78, 5) is 26.3. The van der Waals surface area contributed by atoms with Crippen LogP contribution >= 0.6 is 0 Å². The van der Waals surface area contributed by atoms with Crippen LogP contribution in [0.25, 0.3) is 10.9 Å². The van der Waals surface area contributed by atoms with Crippen molar-refractivity contribution in [3.05, 3.63) is 29.5 Å². The van der Waals surface area contributed by atoms with Crippen LogP contribution in [-0.2, 0) is 16.6 Å². The third-order valence-electron chi connectivity index (χ3n) is 7.57. The fraction of sp³-hybridized carbons (Fsp3) is 0.625.